The van der Waals surface area contributed by atoms with Gasteiger partial charge < -0.3 is 0 Å². The second kappa shape index (κ2) is 4.30. The molecule has 0 saturated carbocycles. The lowest BCUT2D eigenvalue weighted by Gasteiger charge is -1.97. The van der Waals surface area contributed by atoms with Gasteiger partial charge in [0.05, 0.1) is 20.1 Å². The standard InChI is InChI=1S/C6H4Cl4/c1-3(7)5(9)6(10)4(2)8/h1-2H2/b6-5-. The van der Waals surface area contributed by atoms with Crippen LogP contribution in [0.2, 0.25) is 0 Å². The number of allylic oxidation sites excluding steroid dienone is 4. The first-order valence-corrected chi connectivity index (χ1v) is 3.72. The van der Waals surface area contributed by atoms with Gasteiger partial charge in [-0.2, -0.15) is 0 Å². The van der Waals surface area contributed by atoms with Crippen LogP contribution < -0.4 is 0 Å². The molecular formula is C6H4Cl4. The summed E-state index contributed by atoms with van der Waals surface area (Å²) in [6.45, 7) is 6.70. The van der Waals surface area contributed by atoms with E-state index in [9.17, 15) is 0 Å². The van der Waals surface area contributed by atoms with Crippen LogP contribution in [0.15, 0.2) is 33.3 Å². The molecule has 4 heteroatoms. The Morgan fingerprint density at radius 3 is 1.00 bits per heavy atom. The molecule has 0 atom stereocenters. The van der Waals surface area contributed by atoms with Gasteiger partial charge in [-0.25, -0.2) is 0 Å². The quantitative estimate of drug-likeness (QED) is 0.609. The van der Waals surface area contributed by atoms with Gasteiger partial charge in [-0.15, -0.1) is 0 Å². The molecule has 0 aliphatic carbocycles. The maximum absolute atomic E-state index is 5.53. The summed E-state index contributed by atoms with van der Waals surface area (Å²) in [5, 5.41) is 0.550. The third kappa shape index (κ3) is 2.98. The van der Waals surface area contributed by atoms with Gasteiger partial charge in [-0.1, -0.05) is 59.6 Å². The van der Waals surface area contributed by atoms with Gasteiger partial charge in [0.25, 0.3) is 0 Å². The van der Waals surface area contributed by atoms with Crippen molar-refractivity contribution in [1.29, 1.82) is 0 Å². The minimum atomic E-state index is 0.128. The second-order valence-electron chi connectivity index (χ2n) is 1.44. The van der Waals surface area contributed by atoms with Crippen LogP contribution in [0.25, 0.3) is 0 Å². The lowest BCUT2D eigenvalue weighted by Crippen LogP contribution is -1.76. The third-order valence-corrected chi connectivity index (χ3v) is 2.17. The van der Waals surface area contributed by atoms with E-state index in [4.69, 9.17) is 46.4 Å². The van der Waals surface area contributed by atoms with Crippen LogP contribution in [0.5, 0.6) is 0 Å². The smallest absolute Gasteiger partial charge is 0.0787 e. The molecule has 0 bridgehead atoms. The normalized spacial score (nSPS) is 12.4. The van der Waals surface area contributed by atoms with Gasteiger partial charge in [0, 0.05) is 0 Å². The summed E-state index contributed by atoms with van der Waals surface area (Å²) < 4.78 is 0. The zero-order valence-corrected chi connectivity index (χ0v) is 7.95. The fourth-order valence-electron chi connectivity index (χ4n) is 0.238. The molecule has 0 nitrogen and oxygen atoms in total. The zero-order valence-electron chi connectivity index (χ0n) is 4.93. The Hall–Kier alpha value is 0.380. The van der Waals surface area contributed by atoms with Crippen molar-refractivity contribution >= 4 is 46.4 Å². The molecule has 0 aromatic carbocycles. The SMILES string of the molecule is C=C(Cl)/C(Cl)=C(/Cl)C(=C)Cl. The molecule has 0 spiro atoms. The average molecular weight is 218 g/mol. The Labute approximate surface area is 79.7 Å². The van der Waals surface area contributed by atoms with Gasteiger partial charge in [0.15, 0.2) is 0 Å². The summed E-state index contributed by atoms with van der Waals surface area (Å²) in [7, 11) is 0. The minimum Gasteiger partial charge on any atom is -0.0833 e. The molecule has 0 aromatic heterocycles. The Morgan fingerprint density at radius 1 is 0.700 bits per heavy atom. The van der Waals surface area contributed by atoms with Gasteiger partial charge in [0.1, 0.15) is 0 Å². The van der Waals surface area contributed by atoms with E-state index in [2.05, 4.69) is 13.2 Å². The van der Waals surface area contributed by atoms with Crippen molar-refractivity contribution in [2.24, 2.45) is 0 Å². The molecule has 0 fully saturated rings. The summed E-state index contributed by atoms with van der Waals surface area (Å²) in [6, 6.07) is 0. The van der Waals surface area contributed by atoms with E-state index in [-0.39, 0.29) is 20.1 Å². The molecule has 0 saturated heterocycles. The zero-order chi connectivity index (χ0) is 8.31. The molecule has 0 N–H and O–H groups in total. The fraction of sp³-hybridized carbons (Fsp3) is 0. The molecule has 0 unspecified atom stereocenters. The molecule has 0 heterocycles. The molecule has 0 amide bonds. The first kappa shape index (κ1) is 10.4. The Balaban J connectivity index is 4.67. The van der Waals surface area contributed by atoms with E-state index in [0.29, 0.717) is 0 Å². The molecule has 0 radical (unpaired) electrons. The summed E-state index contributed by atoms with van der Waals surface area (Å²) >= 11 is 21.9. The highest BCUT2D eigenvalue weighted by Gasteiger charge is 2.04. The predicted molar refractivity (Wildman–Crippen MR) is 48.7 cm³/mol. The number of rotatable bonds is 2. The van der Waals surface area contributed by atoms with Crippen molar-refractivity contribution in [3.63, 3.8) is 0 Å². The Bertz CT molecular complexity index is 180. The molecule has 0 rings (SSSR count). The summed E-state index contributed by atoms with van der Waals surface area (Å²) in [5.41, 5.74) is 0. The van der Waals surface area contributed by atoms with Crippen LogP contribution in [0.1, 0.15) is 0 Å². The minimum absolute atomic E-state index is 0.128. The lowest BCUT2D eigenvalue weighted by atomic mass is 10.4. The third-order valence-electron chi connectivity index (χ3n) is 0.669. The monoisotopic (exact) mass is 216 g/mol. The summed E-state index contributed by atoms with van der Waals surface area (Å²) in [5.74, 6) is 0. The van der Waals surface area contributed by atoms with E-state index >= 15 is 0 Å². The largest absolute Gasteiger partial charge is 0.0833 e. The van der Waals surface area contributed by atoms with Crippen molar-refractivity contribution in [2.75, 3.05) is 0 Å². The molecule has 0 aliphatic rings. The highest BCUT2D eigenvalue weighted by atomic mass is 35.5. The van der Waals surface area contributed by atoms with Crippen LogP contribution in [-0.2, 0) is 0 Å². The molecule has 10 heavy (non-hydrogen) atoms. The number of hydrogen-bond acceptors (Lipinski definition) is 0. The molecular weight excluding hydrogens is 214 g/mol. The van der Waals surface area contributed by atoms with Crippen molar-refractivity contribution in [2.45, 2.75) is 0 Å². The van der Waals surface area contributed by atoms with Crippen molar-refractivity contribution in [3.8, 4) is 0 Å². The van der Waals surface area contributed by atoms with E-state index in [1.807, 2.05) is 0 Å². The van der Waals surface area contributed by atoms with Gasteiger partial charge in [0.2, 0.25) is 0 Å². The van der Waals surface area contributed by atoms with E-state index in [1.165, 1.54) is 0 Å². The Morgan fingerprint density at radius 2 is 0.900 bits per heavy atom. The topological polar surface area (TPSA) is 0 Å². The highest BCUT2D eigenvalue weighted by Crippen LogP contribution is 2.29. The Kier molecular flexibility index (Phi) is 4.46. The van der Waals surface area contributed by atoms with Gasteiger partial charge in [-0.3, -0.25) is 0 Å². The number of hydrogen-bond donors (Lipinski definition) is 0. The van der Waals surface area contributed by atoms with Crippen LogP contribution in [0.4, 0.5) is 0 Å². The average Bonchev–Trinajstić information content (AvgIpc) is 1.84. The maximum atomic E-state index is 5.53. The van der Waals surface area contributed by atoms with E-state index < -0.39 is 0 Å². The molecule has 0 aromatic rings. The van der Waals surface area contributed by atoms with Crippen molar-refractivity contribution in [1.82, 2.24) is 0 Å². The van der Waals surface area contributed by atoms with Gasteiger partial charge >= 0.3 is 0 Å². The summed E-state index contributed by atoms with van der Waals surface area (Å²) in [4.78, 5) is 0. The second-order valence-corrected chi connectivity index (χ2v) is 3.11. The molecule has 56 valence electrons. The van der Waals surface area contributed by atoms with Crippen LogP contribution in [-0.4, -0.2) is 0 Å². The van der Waals surface area contributed by atoms with Crippen molar-refractivity contribution < 1.29 is 0 Å². The lowest BCUT2D eigenvalue weighted by molar-refractivity contribution is 1.75. The van der Waals surface area contributed by atoms with E-state index in [0.717, 1.165) is 0 Å². The first-order valence-electron chi connectivity index (χ1n) is 2.21. The summed E-state index contributed by atoms with van der Waals surface area (Å²) in [6.07, 6.45) is 0. The first-order chi connectivity index (χ1) is 4.46. The van der Waals surface area contributed by atoms with Crippen LogP contribution in [0, 0.1) is 0 Å². The molecule has 0 aliphatic heterocycles. The van der Waals surface area contributed by atoms with Gasteiger partial charge in [-0.05, 0) is 0 Å². The fourth-order valence-corrected chi connectivity index (χ4v) is 0.752. The van der Waals surface area contributed by atoms with E-state index in [1.54, 1.807) is 0 Å². The van der Waals surface area contributed by atoms with Crippen LogP contribution in [0.3, 0.4) is 0 Å². The number of halogens is 4. The highest BCUT2D eigenvalue weighted by molar-refractivity contribution is 6.52. The maximum Gasteiger partial charge on any atom is 0.0787 e. The predicted octanol–water partition coefficient (Wildman–Crippen LogP) is 4.18. The van der Waals surface area contributed by atoms with Crippen LogP contribution >= 0.6 is 46.4 Å². The van der Waals surface area contributed by atoms with Crippen molar-refractivity contribution in [3.05, 3.63) is 33.3 Å².